The van der Waals surface area contributed by atoms with Gasteiger partial charge in [-0.1, -0.05) is 0 Å². The molecule has 0 saturated heterocycles. The van der Waals surface area contributed by atoms with Crippen molar-refractivity contribution in [2.24, 2.45) is 0 Å². The third-order valence-corrected chi connectivity index (χ3v) is 3.09. The Morgan fingerprint density at radius 1 is 1.18 bits per heavy atom. The predicted molar refractivity (Wildman–Crippen MR) is 69.5 cm³/mol. The van der Waals surface area contributed by atoms with Crippen LogP contribution in [0.1, 0.15) is 5.56 Å². The summed E-state index contributed by atoms with van der Waals surface area (Å²) in [5, 5.41) is 0. The monoisotopic (exact) mass is 247 g/mol. The number of aromatic nitrogens is 2. The number of nitrogens with zero attached hydrogens (tertiary/aromatic N) is 2. The molecular weight excluding hydrogens is 234 g/mol. The molecule has 2 aromatic rings. The van der Waals surface area contributed by atoms with Crippen LogP contribution >= 0.6 is 11.8 Å². The number of anilines is 1. The summed E-state index contributed by atoms with van der Waals surface area (Å²) in [5.41, 5.74) is 6.44. The fourth-order valence-corrected chi connectivity index (χ4v) is 1.71. The molecule has 5 heteroatoms. The quantitative estimate of drug-likeness (QED) is 0.845. The first kappa shape index (κ1) is 11.7. The maximum absolute atomic E-state index is 5.69. The Kier molecular flexibility index (Phi) is 3.49. The largest absolute Gasteiger partial charge is 0.439 e. The van der Waals surface area contributed by atoms with Crippen molar-refractivity contribution in [1.82, 2.24) is 9.97 Å². The number of hydrogen-bond acceptors (Lipinski definition) is 5. The molecule has 0 saturated carbocycles. The molecule has 0 aliphatic carbocycles. The molecule has 2 N–H and O–H groups in total. The topological polar surface area (TPSA) is 61.0 Å². The Morgan fingerprint density at radius 3 is 2.53 bits per heavy atom. The smallest absolute Gasteiger partial charge is 0.227 e. The van der Waals surface area contributed by atoms with Gasteiger partial charge in [0.05, 0.1) is 5.56 Å². The van der Waals surface area contributed by atoms with E-state index in [-0.39, 0.29) is 0 Å². The van der Waals surface area contributed by atoms with Crippen LogP contribution in [0.4, 0.5) is 5.82 Å². The molecule has 4 nitrogen and oxygen atoms in total. The average Bonchev–Trinajstić information content (AvgIpc) is 2.36. The van der Waals surface area contributed by atoms with Gasteiger partial charge in [0, 0.05) is 4.90 Å². The van der Waals surface area contributed by atoms with Gasteiger partial charge in [0.15, 0.2) is 0 Å². The molecule has 0 amide bonds. The SMILES string of the molecule is CSc1ccc(Oc2ncnc(N)c2C)cc1. The molecule has 0 unspecified atom stereocenters. The molecule has 17 heavy (non-hydrogen) atoms. The Hall–Kier alpha value is -1.75. The van der Waals surface area contributed by atoms with Gasteiger partial charge >= 0.3 is 0 Å². The second-order valence-electron chi connectivity index (χ2n) is 3.47. The standard InChI is InChI=1S/C12H13N3OS/c1-8-11(13)14-7-15-12(8)16-9-3-5-10(17-2)6-4-9/h3-7H,1-2H3,(H2,13,14,15). The van der Waals surface area contributed by atoms with E-state index in [0.717, 1.165) is 11.3 Å². The van der Waals surface area contributed by atoms with Gasteiger partial charge in [-0.05, 0) is 37.4 Å². The molecule has 0 fully saturated rings. The van der Waals surface area contributed by atoms with Crippen LogP contribution in [-0.2, 0) is 0 Å². The predicted octanol–water partition coefficient (Wildman–Crippen LogP) is 2.88. The molecular formula is C12H13N3OS. The van der Waals surface area contributed by atoms with Crippen molar-refractivity contribution in [1.29, 1.82) is 0 Å². The van der Waals surface area contributed by atoms with Crippen molar-refractivity contribution in [2.75, 3.05) is 12.0 Å². The molecule has 1 heterocycles. The highest BCUT2D eigenvalue weighted by atomic mass is 32.2. The van der Waals surface area contributed by atoms with Crippen LogP contribution in [0, 0.1) is 6.92 Å². The van der Waals surface area contributed by atoms with Crippen LogP contribution in [0.2, 0.25) is 0 Å². The number of hydrogen-bond donors (Lipinski definition) is 1. The van der Waals surface area contributed by atoms with Crippen LogP contribution in [0.25, 0.3) is 0 Å². The van der Waals surface area contributed by atoms with E-state index in [1.807, 2.05) is 37.4 Å². The molecule has 2 rings (SSSR count). The number of rotatable bonds is 3. The highest BCUT2D eigenvalue weighted by molar-refractivity contribution is 7.98. The summed E-state index contributed by atoms with van der Waals surface area (Å²) in [6, 6.07) is 7.81. The zero-order chi connectivity index (χ0) is 12.3. The molecule has 0 spiro atoms. The second kappa shape index (κ2) is 5.05. The van der Waals surface area contributed by atoms with Gasteiger partial charge < -0.3 is 10.5 Å². The van der Waals surface area contributed by atoms with Crippen molar-refractivity contribution < 1.29 is 4.74 Å². The fourth-order valence-electron chi connectivity index (χ4n) is 1.31. The van der Waals surface area contributed by atoms with E-state index >= 15 is 0 Å². The lowest BCUT2D eigenvalue weighted by Gasteiger charge is -2.08. The van der Waals surface area contributed by atoms with Crippen molar-refractivity contribution in [2.45, 2.75) is 11.8 Å². The van der Waals surface area contributed by atoms with E-state index in [9.17, 15) is 0 Å². The molecule has 1 aromatic heterocycles. The van der Waals surface area contributed by atoms with Gasteiger partial charge in [-0.2, -0.15) is 0 Å². The van der Waals surface area contributed by atoms with Gasteiger partial charge in [-0.3, -0.25) is 0 Å². The van der Waals surface area contributed by atoms with Crippen molar-refractivity contribution in [3.63, 3.8) is 0 Å². The molecule has 0 aliphatic heterocycles. The highest BCUT2D eigenvalue weighted by Gasteiger charge is 2.06. The Balaban J connectivity index is 2.22. The Morgan fingerprint density at radius 2 is 1.88 bits per heavy atom. The maximum atomic E-state index is 5.69. The number of benzene rings is 1. The summed E-state index contributed by atoms with van der Waals surface area (Å²) < 4.78 is 5.65. The molecule has 0 aliphatic rings. The first-order chi connectivity index (χ1) is 8.20. The van der Waals surface area contributed by atoms with Gasteiger partial charge in [0.2, 0.25) is 5.88 Å². The summed E-state index contributed by atoms with van der Waals surface area (Å²) in [6.45, 7) is 1.83. The summed E-state index contributed by atoms with van der Waals surface area (Å²) >= 11 is 1.69. The number of nitrogens with two attached hydrogens (primary N) is 1. The van der Waals surface area contributed by atoms with Crippen LogP contribution in [0.5, 0.6) is 11.6 Å². The lowest BCUT2D eigenvalue weighted by atomic mass is 10.3. The summed E-state index contributed by atoms with van der Waals surface area (Å²) in [5.74, 6) is 1.68. The van der Waals surface area contributed by atoms with E-state index < -0.39 is 0 Å². The van der Waals surface area contributed by atoms with E-state index in [4.69, 9.17) is 10.5 Å². The molecule has 0 radical (unpaired) electrons. The van der Waals surface area contributed by atoms with E-state index in [1.165, 1.54) is 11.2 Å². The molecule has 88 valence electrons. The van der Waals surface area contributed by atoms with Crippen molar-refractivity contribution in [3.8, 4) is 11.6 Å². The van der Waals surface area contributed by atoms with Crippen LogP contribution < -0.4 is 10.5 Å². The fraction of sp³-hybridized carbons (Fsp3) is 0.167. The number of nitrogen functional groups attached to an aromatic ring is 1. The Bertz CT molecular complexity index is 514. The third-order valence-electron chi connectivity index (χ3n) is 2.35. The van der Waals surface area contributed by atoms with Gasteiger partial charge in [0.1, 0.15) is 17.9 Å². The second-order valence-corrected chi connectivity index (χ2v) is 4.35. The van der Waals surface area contributed by atoms with Crippen molar-refractivity contribution in [3.05, 3.63) is 36.2 Å². The van der Waals surface area contributed by atoms with E-state index in [2.05, 4.69) is 9.97 Å². The molecule has 1 aromatic carbocycles. The minimum absolute atomic E-state index is 0.440. The minimum Gasteiger partial charge on any atom is -0.439 e. The number of thioether (sulfide) groups is 1. The summed E-state index contributed by atoms with van der Waals surface area (Å²) in [7, 11) is 0. The van der Waals surface area contributed by atoms with Crippen LogP contribution in [0.15, 0.2) is 35.5 Å². The van der Waals surface area contributed by atoms with Crippen molar-refractivity contribution >= 4 is 17.6 Å². The highest BCUT2D eigenvalue weighted by Crippen LogP contribution is 2.26. The first-order valence-corrected chi connectivity index (χ1v) is 6.32. The van der Waals surface area contributed by atoms with Gasteiger partial charge in [-0.25, -0.2) is 9.97 Å². The zero-order valence-electron chi connectivity index (χ0n) is 9.68. The number of ether oxygens (including phenoxy) is 1. The van der Waals surface area contributed by atoms with Gasteiger partial charge in [-0.15, -0.1) is 11.8 Å². The zero-order valence-corrected chi connectivity index (χ0v) is 10.5. The normalized spacial score (nSPS) is 10.2. The maximum Gasteiger partial charge on any atom is 0.227 e. The van der Waals surface area contributed by atoms with E-state index in [0.29, 0.717) is 11.7 Å². The average molecular weight is 247 g/mol. The van der Waals surface area contributed by atoms with Crippen LogP contribution in [0.3, 0.4) is 0 Å². The van der Waals surface area contributed by atoms with Crippen LogP contribution in [-0.4, -0.2) is 16.2 Å². The first-order valence-electron chi connectivity index (χ1n) is 5.09. The minimum atomic E-state index is 0.440. The lowest BCUT2D eigenvalue weighted by Crippen LogP contribution is -1.98. The molecule has 0 atom stereocenters. The summed E-state index contributed by atoms with van der Waals surface area (Å²) in [6.07, 6.45) is 3.43. The third kappa shape index (κ3) is 2.68. The van der Waals surface area contributed by atoms with E-state index in [1.54, 1.807) is 11.8 Å². The molecule has 0 bridgehead atoms. The lowest BCUT2D eigenvalue weighted by molar-refractivity contribution is 0.457. The van der Waals surface area contributed by atoms with Gasteiger partial charge in [0.25, 0.3) is 0 Å². The Labute approximate surface area is 104 Å². The summed E-state index contributed by atoms with van der Waals surface area (Å²) in [4.78, 5) is 9.14.